The summed E-state index contributed by atoms with van der Waals surface area (Å²) < 4.78 is 5.67. The number of thiazole rings is 1. The molecule has 1 aromatic heterocycles. The molecule has 1 atom stereocenters. The molecular formula is C19H22N4O2S. The lowest BCUT2D eigenvalue weighted by Gasteiger charge is -2.43. The minimum atomic E-state index is -0.595. The highest BCUT2D eigenvalue weighted by molar-refractivity contribution is 7.13. The molecule has 0 spiro atoms. The van der Waals surface area contributed by atoms with Gasteiger partial charge in [-0.1, -0.05) is 0 Å². The number of nitrogens with one attached hydrogen (secondary N) is 1. The SMILES string of the molecule is Cc1csc(-c2ccc(N)c(C(=N)C(=O)O[C@@H]3CN4CCC3CC4)c2)n1. The molecule has 4 heterocycles. The molecule has 7 heteroatoms. The van der Waals surface area contributed by atoms with Gasteiger partial charge in [-0.25, -0.2) is 9.78 Å². The summed E-state index contributed by atoms with van der Waals surface area (Å²) in [6, 6.07) is 5.34. The molecule has 0 unspecified atom stereocenters. The van der Waals surface area contributed by atoms with E-state index in [1.165, 1.54) is 11.3 Å². The summed E-state index contributed by atoms with van der Waals surface area (Å²) in [5, 5.41) is 11.1. The van der Waals surface area contributed by atoms with Gasteiger partial charge in [0.15, 0.2) is 0 Å². The van der Waals surface area contributed by atoms with E-state index in [1.807, 2.05) is 18.4 Å². The van der Waals surface area contributed by atoms with Crippen molar-refractivity contribution in [2.24, 2.45) is 5.92 Å². The second-order valence-corrected chi connectivity index (χ2v) is 7.91. The van der Waals surface area contributed by atoms with Crippen LogP contribution in [0.1, 0.15) is 24.1 Å². The number of nitrogens with zero attached hydrogens (tertiary/aromatic N) is 2. The van der Waals surface area contributed by atoms with Crippen LogP contribution in [0.25, 0.3) is 10.6 Å². The molecule has 0 aliphatic carbocycles. The minimum Gasteiger partial charge on any atom is -0.456 e. The molecule has 6 nitrogen and oxygen atoms in total. The van der Waals surface area contributed by atoms with Crippen LogP contribution in [0.2, 0.25) is 0 Å². The second-order valence-electron chi connectivity index (χ2n) is 7.05. The third-order valence-corrected chi connectivity index (χ3v) is 6.26. The second kappa shape index (κ2) is 6.81. The van der Waals surface area contributed by atoms with Gasteiger partial charge in [-0.2, -0.15) is 0 Å². The fourth-order valence-corrected chi connectivity index (χ4v) is 4.54. The number of aromatic nitrogens is 1. The van der Waals surface area contributed by atoms with E-state index in [-0.39, 0.29) is 11.8 Å². The number of carbonyl (C=O) groups is 1. The fourth-order valence-electron chi connectivity index (χ4n) is 3.74. The maximum absolute atomic E-state index is 12.6. The van der Waals surface area contributed by atoms with Crippen LogP contribution in [0.5, 0.6) is 0 Å². The Morgan fingerprint density at radius 3 is 2.77 bits per heavy atom. The van der Waals surface area contributed by atoms with Crippen LogP contribution in [0.15, 0.2) is 23.6 Å². The van der Waals surface area contributed by atoms with Gasteiger partial charge in [0.1, 0.15) is 16.8 Å². The third-order valence-electron chi connectivity index (χ3n) is 5.25. The molecule has 26 heavy (non-hydrogen) atoms. The van der Waals surface area contributed by atoms with Gasteiger partial charge in [0.2, 0.25) is 0 Å². The van der Waals surface area contributed by atoms with E-state index in [4.69, 9.17) is 15.9 Å². The summed E-state index contributed by atoms with van der Waals surface area (Å²) >= 11 is 1.53. The van der Waals surface area contributed by atoms with E-state index in [1.54, 1.807) is 12.1 Å². The molecule has 0 radical (unpaired) electrons. The van der Waals surface area contributed by atoms with E-state index in [9.17, 15) is 4.79 Å². The van der Waals surface area contributed by atoms with Crippen LogP contribution >= 0.6 is 11.3 Å². The van der Waals surface area contributed by atoms with Crippen LogP contribution in [0.4, 0.5) is 5.69 Å². The Balaban J connectivity index is 1.52. The van der Waals surface area contributed by atoms with Crippen LogP contribution in [-0.2, 0) is 9.53 Å². The Bertz CT molecular complexity index is 855. The zero-order valence-electron chi connectivity index (χ0n) is 14.7. The summed E-state index contributed by atoms with van der Waals surface area (Å²) in [4.78, 5) is 19.3. The molecule has 3 aliphatic heterocycles. The average molecular weight is 370 g/mol. The summed E-state index contributed by atoms with van der Waals surface area (Å²) in [5.74, 6) is -0.179. The van der Waals surface area contributed by atoms with Crippen molar-refractivity contribution in [3.05, 3.63) is 34.8 Å². The van der Waals surface area contributed by atoms with E-state index in [0.717, 1.165) is 48.7 Å². The van der Waals surface area contributed by atoms with Gasteiger partial charge < -0.3 is 10.5 Å². The quantitative estimate of drug-likeness (QED) is 0.490. The number of anilines is 1. The number of hydrogen-bond acceptors (Lipinski definition) is 7. The smallest absolute Gasteiger partial charge is 0.357 e. The first-order chi connectivity index (χ1) is 12.5. The van der Waals surface area contributed by atoms with Crippen LogP contribution in [-0.4, -0.2) is 47.3 Å². The molecule has 0 amide bonds. The number of nitrogen functional groups attached to an aromatic ring is 1. The van der Waals surface area contributed by atoms with Crippen molar-refractivity contribution in [3.8, 4) is 10.6 Å². The van der Waals surface area contributed by atoms with Gasteiger partial charge in [0.25, 0.3) is 0 Å². The number of rotatable bonds is 4. The fraction of sp³-hybridized carbons (Fsp3) is 0.421. The number of hydrogen-bond donors (Lipinski definition) is 2. The molecule has 2 bridgehead atoms. The van der Waals surface area contributed by atoms with E-state index in [2.05, 4.69) is 9.88 Å². The molecule has 3 aliphatic rings. The van der Waals surface area contributed by atoms with Crippen molar-refractivity contribution in [1.82, 2.24) is 9.88 Å². The van der Waals surface area contributed by atoms with Gasteiger partial charge in [-0.15, -0.1) is 11.3 Å². The summed E-state index contributed by atoms with van der Waals surface area (Å²) in [5.41, 5.74) is 8.45. The molecule has 3 N–H and O–H groups in total. The predicted octanol–water partition coefficient (Wildman–Crippen LogP) is 2.71. The Morgan fingerprint density at radius 2 is 2.15 bits per heavy atom. The normalized spacial score (nSPS) is 24.4. The van der Waals surface area contributed by atoms with Crippen LogP contribution < -0.4 is 5.73 Å². The van der Waals surface area contributed by atoms with Gasteiger partial charge in [0.05, 0.1) is 0 Å². The first kappa shape index (κ1) is 17.2. The van der Waals surface area contributed by atoms with Crippen molar-refractivity contribution >= 4 is 28.7 Å². The van der Waals surface area contributed by atoms with Crippen molar-refractivity contribution in [1.29, 1.82) is 5.41 Å². The lowest BCUT2D eigenvalue weighted by atomic mass is 9.86. The van der Waals surface area contributed by atoms with Crippen molar-refractivity contribution in [2.45, 2.75) is 25.9 Å². The Morgan fingerprint density at radius 1 is 1.38 bits per heavy atom. The molecule has 3 fully saturated rings. The topological polar surface area (TPSA) is 92.3 Å². The number of carbonyl (C=O) groups excluding carboxylic acids is 1. The van der Waals surface area contributed by atoms with E-state index < -0.39 is 5.97 Å². The standard InChI is InChI=1S/C19H22N4O2S/c1-11-10-26-18(22-11)13-2-3-15(20)14(8-13)17(21)19(24)25-16-9-23-6-4-12(16)5-7-23/h2-3,8,10,12,16,21H,4-7,9,20H2,1H3/t16-/m1/s1. The third kappa shape index (κ3) is 3.24. The largest absolute Gasteiger partial charge is 0.456 e. The zero-order chi connectivity index (χ0) is 18.3. The maximum atomic E-state index is 12.6. The first-order valence-electron chi connectivity index (χ1n) is 8.85. The number of benzene rings is 1. The summed E-state index contributed by atoms with van der Waals surface area (Å²) in [6.07, 6.45) is 2.01. The van der Waals surface area contributed by atoms with Crippen LogP contribution in [0.3, 0.4) is 0 Å². The molecule has 1 aromatic carbocycles. The number of aryl methyl sites for hydroxylation is 1. The lowest BCUT2D eigenvalue weighted by molar-refractivity contribution is -0.150. The number of fused-ring (bicyclic) bond motifs is 3. The maximum Gasteiger partial charge on any atom is 0.357 e. The Kier molecular flexibility index (Phi) is 4.50. The molecule has 136 valence electrons. The predicted molar refractivity (Wildman–Crippen MR) is 103 cm³/mol. The van der Waals surface area contributed by atoms with Gasteiger partial charge >= 0.3 is 5.97 Å². The minimum absolute atomic E-state index is 0.114. The highest BCUT2D eigenvalue weighted by atomic mass is 32.1. The number of piperidine rings is 3. The van der Waals surface area contributed by atoms with Crippen molar-refractivity contribution in [3.63, 3.8) is 0 Å². The average Bonchev–Trinajstić information content (AvgIpc) is 3.09. The van der Waals surface area contributed by atoms with Crippen LogP contribution in [0, 0.1) is 18.3 Å². The number of nitrogens with two attached hydrogens (primary N) is 1. The molecule has 2 aromatic rings. The Hall–Kier alpha value is -2.25. The summed E-state index contributed by atoms with van der Waals surface area (Å²) in [6.45, 7) is 4.87. The lowest BCUT2D eigenvalue weighted by Crippen LogP contribution is -2.52. The Labute approximate surface area is 156 Å². The number of esters is 1. The van der Waals surface area contributed by atoms with Gasteiger partial charge in [-0.3, -0.25) is 10.3 Å². The van der Waals surface area contributed by atoms with Crippen molar-refractivity contribution in [2.75, 3.05) is 25.4 Å². The van der Waals surface area contributed by atoms with E-state index >= 15 is 0 Å². The highest BCUT2D eigenvalue weighted by Gasteiger charge is 2.37. The zero-order valence-corrected chi connectivity index (χ0v) is 15.5. The highest BCUT2D eigenvalue weighted by Crippen LogP contribution is 2.31. The van der Waals surface area contributed by atoms with Crippen molar-refractivity contribution < 1.29 is 9.53 Å². The van der Waals surface area contributed by atoms with Gasteiger partial charge in [0, 0.05) is 34.4 Å². The number of ether oxygens (including phenoxy) is 1. The summed E-state index contributed by atoms with van der Waals surface area (Å²) in [7, 11) is 0. The molecule has 5 rings (SSSR count). The van der Waals surface area contributed by atoms with E-state index in [0.29, 0.717) is 17.2 Å². The molecule has 3 saturated heterocycles. The molecule has 0 saturated carbocycles. The first-order valence-corrected chi connectivity index (χ1v) is 9.73. The molecular weight excluding hydrogens is 348 g/mol. The van der Waals surface area contributed by atoms with Gasteiger partial charge in [-0.05, 0) is 57.0 Å². The monoisotopic (exact) mass is 370 g/mol.